The summed E-state index contributed by atoms with van der Waals surface area (Å²) in [5.74, 6) is 1.87. The Labute approximate surface area is 210 Å². The maximum atomic E-state index is 12.9. The van der Waals surface area contributed by atoms with E-state index in [2.05, 4.69) is 5.32 Å². The third kappa shape index (κ3) is 7.01. The van der Waals surface area contributed by atoms with Gasteiger partial charge in [-0.1, -0.05) is 41.9 Å². The van der Waals surface area contributed by atoms with Crippen molar-refractivity contribution in [2.75, 3.05) is 11.9 Å². The summed E-state index contributed by atoms with van der Waals surface area (Å²) in [5.41, 5.74) is 3.05. The number of carbonyl (C=O) groups excluding carboxylic acids is 1. The molecule has 178 valence electrons. The molecule has 0 aliphatic carbocycles. The van der Waals surface area contributed by atoms with Crippen molar-refractivity contribution in [2.45, 2.75) is 20.1 Å². The molecule has 0 saturated heterocycles. The van der Waals surface area contributed by atoms with Gasteiger partial charge in [-0.05, 0) is 79.2 Å². The van der Waals surface area contributed by atoms with Crippen LogP contribution in [0.5, 0.6) is 17.2 Å². The Balaban J connectivity index is 1.39. The van der Waals surface area contributed by atoms with E-state index in [1.165, 1.54) is 0 Å². The van der Waals surface area contributed by atoms with E-state index >= 15 is 0 Å². The monoisotopic (exact) mass is 487 g/mol. The molecule has 0 saturated carbocycles. The summed E-state index contributed by atoms with van der Waals surface area (Å²) in [4.78, 5) is 12.9. The topological polar surface area (TPSA) is 56.8 Å². The first-order valence-electron chi connectivity index (χ1n) is 11.3. The number of ether oxygens (including phenoxy) is 3. The van der Waals surface area contributed by atoms with Gasteiger partial charge < -0.3 is 19.5 Å². The average molecular weight is 488 g/mol. The summed E-state index contributed by atoms with van der Waals surface area (Å²) in [6, 6.07) is 29.7. The van der Waals surface area contributed by atoms with Gasteiger partial charge >= 0.3 is 0 Å². The van der Waals surface area contributed by atoms with Crippen molar-refractivity contribution in [1.29, 1.82) is 0 Å². The number of hydrogen-bond acceptors (Lipinski definition) is 4. The first-order chi connectivity index (χ1) is 17.1. The molecule has 0 bridgehead atoms. The van der Waals surface area contributed by atoms with Crippen LogP contribution in [-0.4, -0.2) is 12.5 Å². The molecule has 0 atom stereocenters. The van der Waals surface area contributed by atoms with Crippen molar-refractivity contribution in [3.63, 3.8) is 0 Å². The van der Waals surface area contributed by atoms with Crippen LogP contribution < -0.4 is 19.5 Å². The molecular weight excluding hydrogens is 462 g/mol. The minimum atomic E-state index is -0.223. The zero-order valence-electron chi connectivity index (χ0n) is 19.4. The lowest BCUT2D eigenvalue weighted by Crippen LogP contribution is -2.13. The van der Waals surface area contributed by atoms with Gasteiger partial charge in [-0.2, -0.15) is 0 Å². The molecule has 1 N–H and O–H groups in total. The highest BCUT2D eigenvalue weighted by Gasteiger charge is 2.12. The molecule has 5 nitrogen and oxygen atoms in total. The van der Waals surface area contributed by atoms with Crippen LogP contribution in [0.4, 0.5) is 5.69 Å². The summed E-state index contributed by atoms with van der Waals surface area (Å²) < 4.78 is 17.4. The molecular formula is C29H26ClNO4. The standard InChI is InChI=1S/C29H26ClNO4/c1-2-33-28-17-8-22(18-23(28)20-35-26-13-9-24(30)10-14-26)29(32)31-25-11-15-27(16-12-25)34-19-21-6-4-3-5-7-21/h3-18H,2,19-20H2,1H3,(H,31,32). The second-order valence-electron chi connectivity index (χ2n) is 7.75. The van der Waals surface area contributed by atoms with Gasteiger partial charge in [0.25, 0.3) is 5.91 Å². The van der Waals surface area contributed by atoms with E-state index in [1.807, 2.05) is 61.5 Å². The highest BCUT2D eigenvalue weighted by atomic mass is 35.5. The second kappa shape index (κ2) is 12.0. The Bertz CT molecular complexity index is 1240. The van der Waals surface area contributed by atoms with Gasteiger partial charge in [-0.25, -0.2) is 0 Å². The van der Waals surface area contributed by atoms with Crippen LogP contribution in [0.3, 0.4) is 0 Å². The third-order valence-electron chi connectivity index (χ3n) is 5.19. The molecule has 0 radical (unpaired) electrons. The lowest BCUT2D eigenvalue weighted by Gasteiger charge is -2.14. The van der Waals surface area contributed by atoms with Gasteiger partial charge in [-0.15, -0.1) is 0 Å². The molecule has 4 aromatic carbocycles. The summed E-state index contributed by atoms with van der Waals surface area (Å²) in [7, 11) is 0. The smallest absolute Gasteiger partial charge is 0.255 e. The SMILES string of the molecule is CCOc1ccc(C(=O)Nc2ccc(OCc3ccccc3)cc2)cc1COc1ccc(Cl)cc1. The molecule has 4 rings (SSSR count). The molecule has 0 fully saturated rings. The number of rotatable bonds is 10. The minimum Gasteiger partial charge on any atom is -0.493 e. The van der Waals surface area contributed by atoms with Gasteiger partial charge in [0.05, 0.1) is 6.61 Å². The molecule has 0 aliphatic heterocycles. The second-order valence-corrected chi connectivity index (χ2v) is 8.19. The van der Waals surface area contributed by atoms with Gasteiger partial charge in [0.2, 0.25) is 0 Å². The van der Waals surface area contributed by atoms with Crippen molar-refractivity contribution in [3.8, 4) is 17.2 Å². The fourth-order valence-electron chi connectivity index (χ4n) is 3.40. The molecule has 0 spiro atoms. The van der Waals surface area contributed by atoms with Crippen LogP contribution in [0.15, 0.2) is 97.1 Å². The fraction of sp³-hybridized carbons (Fsp3) is 0.138. The van der Waals surface area contributed by atoms with Crippen molar-refractivity contribution in [3.05, 3.63) is 119 Å². The van der Waals surface area contributed by atoms with E-state index in [-0.39, 0.29) is 12.5 Å². The first-order valence-corrected chi connectivity index (χ1v) is 11.7. The van der Waals surface area contributed by atoms with Crippen LogP contribution in [-0.2, 0) is 13.2 Å². The largest absolute Gasteiger partial charge is 0.493 e. The van der Waals surface area contributed by atoms with Gasteiger partial charge in [0.1, 0.15) is 30.5 Å². The molecule has 0 unspecified atom stereocenters. The Morgan fingerprint density at radius 3 is 2.11 bits per heavy atom. The Hall–Kier alpha value is -3.96. The lowest BCUT2D eigenvalue weighted by atomic mass is 10.1. The minimum absolute atomic E-state index is 0.223. The predicted molar refractivity (Wildman–Crippen MR) is 139 cm³/mol. The van der Waals surface area contributed by atoms with E-state index in [4.69, 9.17) is 25.8 Å². The zero-order valence-corrected chi connectivity index (χ0v) is 20.1. The van der Waals surface area contributed by atoms with E-state index in [9.17, 15) is 4.79 Å². The molecule has 6 heteroatoms. The number of anilines is 1. The number of amides is 1. The van der Waals surface area contributed by atoms with E-state index in [1.54, 1.807) is 42.5 Å². The van der Waals surface area contributed by atoms with Crippen LogP contribution in [0.1, 0.15) is 28.4 Å². The molecule has 0 aromatic heterocycles. The van der Waals surface area contributed by atoms with Gasteiger partial charge in [0.15, 0.2) is 0 Å². The highest BCUT2D eigenvalue weighted by molar-refractivity contribution is 6.30. The first kappa shape index (κ1) is 24.2. The Kier molecular flexibility index (Phi) is 8.25. The van der Waals surface area contributed by atoms with Crippen LogP contribution in [0.2, 0.25) is 5.02 Å². The van der Waals surface area contributed by atoms with Crippen molar-refractivity contribution in [1.82, 2.24) is 0 Å². The van der Waals surface area contributed by atoms with Crippen molar-refractivity contribution >= 4 is 23.2 Å². The molecule has 4 aromatic rings. The number of carbonyl (C=O) groups is 1. The van der Waals surface area contributed by atoms with Crippen LogP contribution >= 0.6 is 11.6 Å². The number of nitrogens with one attached hydrogen (secondary N) is 1. The molecule has 0 aliphatic rings. The summed E-state index contributed by atoms with van der Waals surface area (Å²) >= 11 is 5.94. The highest BCUT2D eigenvalue weighted by Crippen LogP contribution is 2.25. The van der Waals surface area contributed by atoms with Crippen molar-refractivity contribution < 1.29 is 19.0 Å². The Morgan fingerprint density at radius 2 is 1.43 bits per heavy atom. The average Bonchev–Trinajstić information content (AvgIpc) is 2.89. The van der Waals surface area contributed by atoms with Crippen LogP contribution in [0.25, 0.3) is 0 Å². The maximum absolute atomic E-state index is 12.9. The molecule has 35 heavy (non-hydrogen) atoms. The number of benzene rings is 4. The fourth-order valence-corrected chi connectivity index (χ4v) is 3.53. The third-order valence-corrected chi connectivity index (χ3v) is 5.44. The van der Waals surface area contributed by atoms with Gasteiger partial charge in [0, 0.05) is 21.8 Å². The van der Waals surface area contributed by atoms with Crippen molar-refractivity contribution in [2.24, 2.45) is 0 Å². The van der Waals surface area contributed by atoms with E-state index < -0.39 is 0 Å². The van der Waals surface area contributed by atoms with E-state index in [0.717, 1.165) is 16.9 Å². The maximum Gasteiger partial charge on any atom is 0.255 e. The number of halogens is 1. The zero-order chi connectivity index (χ0) is 24.5. The predicted octanol–water partition coefficient (Wildman–Crippen LogP) is 7.15. The Morgan fingerprint density at radius 1 is 0.771 bits per heavy atom. The number of hydrogen-bond donors (Lipinski definition) is 1. The van der Waals surface area contributed by atoms with Crippen LogP contribution in [0, 0.1) is 0 Å². The summed E-state index contributed by atoms with van der Waals surface area (Å²) in [5, 5.41) is 3.57. The van der Waals surface area contributed by atoms with Gasteiger partial charge in [-0.3, -0.25) is 4.79 Å². The summed E-state index contributed by atoms with van der Waals surface area (Å²) in [6.45, 7) is 3.17. The lowest BCUT2D eigenvalue weighted by molar-refractivity contribution is 0.102. The summed E-state index contributed by atoms with van der Waals surface area (Å²) in [6.07, 6.45) is 0. The normalized spacial score (nSPS) is 10.5. The quantitative estimate of drug-likeness (QED) is 0.258. The van der Waals surface area contributed by atoms with E-state index in [0.29, 0.717) is 41.0 Å². The molecule has 1 amide bonds. The molecule has 0 heterocycles.